The molecule has 0 bridgehead atoms. The van der Waals surface area contributed by atoms with Gasteiger partial charge in [0.25, 0.3) is 0 Å². The van der Waals surface area contributed by atoms with Crippen molar-refractivity contribution in [1.82, 2.24) is 0 Å². The zero-order valence-electron chi connectivity index (χ0n) is 18.7. The summed E-state index contributed by atoms with van der Waals surface area (Å²) in [6.45, 7) is 2.19. The van der Waals surface area contributed by atoms with Crippen molar-refractivity contribution >= 4 is 28.3 Å². The van der Waals surface area contributed by atoms with Crippen LogP contribution < -0.4 is 5.32 Å². The maximum absolute atomic E-state index is 12.8. The lowest BCUT2D eigenvalue weighted by Crippen LogP contribution is -2.17. The Balaban J connectivity index is 1.50. The monoisotopic (exact) mass is 437 g/mol. The van der Waals surface area contributed by atoms with Gasteiger partial charge in [0.2, 0.25) is 5.91 Å². The molecule has 4 aromatic carbocycles. The minimum Gasteiger partial charge on any atom is -0.478 e. The summed E-state index contributed by atoms with van der Waals surface area (Å²) in [5, 5.41) is 14.1. The van der Waals surface area contributed by atoms with Gasteiger partial charge in [0, 0.05) is 0 Å². The first-order chi connectivity index (χ1) is 16.0. The molecule has 0 aliphatic carbocycles. The third-order valence-corrected chi connectivity index (χ3v) is 5.79. The Bertz CT molecular complexity index is 1290. The van der Waals surface area contributed by atoms with Gasteiger partial charge in [-0.15, -0.1) is 0 Å². The molecule has 4 heteroatoms. The minimum atomic E-state index is -1.07. The Labute approximate surface area is 193 Å². The van der Waals surface area contributed by atoms with Gasteiger partial charge in [0.15, 0.2) is 0 Å². The molecule has 4 nitrogen and oxygen atoms in total. The molecular formula is C29H27NO3. The van der Waals surface area contributed by atoms with E-state index in [2.05, 4.69) is 36.5 Å². The number of hydrogen-bond acceptors (Lipinski definition) is 2. The summed E-state index contributed by atoms with van der Waals surface area (Å²) in [6.07, 6.45) is 3.61. The summed E-state index contributed by atoms with van der Waals surface area (Å²) < 4.78 is 0. The molecule has 0 fully saturated rings. The quantitative estimate of drug-likeness (QED) is 0.321. The highest BCUT2D eigenvalue weighted by Crippen LogP contribution is 2.25. The molecule has 33 heavy (non-hydrogen) atoms. The molecule has 0 heterocycles. The number of aryl methyl sites for hydroxylation is 1. The van der Waals surface area contributed by atoms with E-state index in [0.29, 0.717) is 5.69 Å². The van der Waals surface area contributed by atoms with Crippen LogP contribution in [-0.4, -0.2) is 17.0 Å². The number of nitrogens with one attached hydrogen (secondary N) is 1. The molecule has 2 N–H and O–H groups in total. The molecule has 1 amide bonds. The lowest BCUT2D eigenvalue weighted by atomic mass is 9.99. The number of unbranched alkanes of at least 4 members (excludes halogenated alkanes) is 1. The number of carbonyl (C=O) groups excluding carboxylic acids is 1. The van der Waals surface area contributed by atoms with Crippen LogP contribution in [0.25, 0.3) is 21.9 Å². The standard InChI is InChI=1S/C29H27NO3/c1-2-3-7-20-12-14-22(15-13-20)23-11-6-8-21(16-23)17-28(31)30-27-19-25-10-5-4-9-24(25)18-26(27)29(32)33/h4-6,8-16,18-19H,2-3,7,17H2,1H3,(H,30,31)(H,32,33). The molecule has 0 unspecified atom stereocenters. The summed E-state index contributed by atoms with van der Waals surface area (Å²) in [6, 6.07) is 27.3. The maximum atomic E-state index is 12.8. The molecule has 0 saturated carbocycles. The Morgan fingerprint density at radius 1 is 0.788 bits per heavy atom. The van der Waals surface area contributed by atoms with Crippen LogP contribution in [0.5, 0.6) is 0 Å². The molecule has 0 radical (unpaired) electrons. The van der Waals surface area contributed by atoms with E-state index in [1.807, 2.05) is 48.5 Å². The number of amides is 1. The van der Waals surface area contributed by atoms with Gasteiger partial charge < -0.3 is 10.4 Å². The average Bonchev–Trinajstić information content (AvgIpc) is 2.82. The first kappa shape index (κ1) is 22.3. The van der Waals surface area contributed by atoms with Crippen molar-refractivity contribution in [2.45, 2.75) is 32.6 Å². The number of hydrogen-bond donors (Lipinski definition) is 2. The molecular weight excluding hydrogens is 410 g/mol. The van der Waals surface area contributed by atoms with E-state index < -0.39 is 5.97 Å². The predicted molar refractivity (Wildman–Crippen MR) is 134 cm³/mol. The topological polar surface area (TPSA) is 66.4 Å². The number of benzene rings is 4. The second-order valence-electron chi connectivity index (χ2n) is 8.28. The van der Waals surface area contributed by atoms with E-state index >= 15 is 0 Å². The second-order valence-corrected chi connectivity index (χ2v) is 8.28. The van der Waals surface area contributed by atoms with E-state index in [1.165, 1.54) is 18.4 Å². The summed E-state index contributed by atoms with van der Waals surface area (Å²) >= 11 is 0. The molecule has 4 rings (SSSR count). The molecule has 0 aromatic heterocycles. The highest BCUT2D eigenvalue weighted by atomic mass is 16.4. The van der Waals surface area contributed by atoms with Crippen molar-refractivity contribution in [2.75, 3.05) is 5.32 Å². The van der Waals surface area contributed by atoms with Crippen LogP contribution in [0.2, 0.25) is 0 Å². The Hall–Kier alpha value is -3.92. The van der Waals surface area contributed by atoms with E-state index in [0.717, 1.165) is 33.9 Å². The third-order valence-electron chi connectivity index (χ3n) is 5.79. The van der Waals surface area contributed by atoms with Crippen LogP contribution in [0.4, 0.5) is 5.69 Å². The highest BCUT2D eigenvalue weighted by Gasteiger charge is 2.14. The zero-order chi connectivity index (χ0) is 23.2. The lowest BCUT2D eigenvalue weighted by Gasteiger charge is -2.11. The van der Waals surface area contributed by atoms with Gasteiger partial charge in [0.1, 0.15) is 0 Å². The predicted octanol–water partition coefficient (Wildman–Crippen LogP) is 6.73. The van der Waals surface area contributed by atoms with Crippen LogP contribution >= 0.6 is 0 Å². The summed E-state index contributed by atoms with van der Waals surface area (Å²) in [7, 11) is 0. The molecule has 166 valence electrons. The van der Waals surface area contributed by atoms with Crippen molar-refractivity contribution in [2.24, 2.45) is 0 Å². The number of aromatic carboxylic acids is 1. The fraction of sp³-hybridized carbons (Fsp3) is 0.172. The van der Waals surface area contributed by atoms with Crippen LogP contribution in [0.1, 0.15) is 41.3 Å². The van der Waals surface area contributed by atoms with Crippen molar-refractivity contribution in [3.63, 3.8) is 0 Å². The van der Waals surface area contributed by atoms with Crippen LogP contribution in [0.3, 0.4) is 0 Å². The number of carbonyl (C=O) groups is 2. The Kier molecular flexibility index (Phi) is 6.84. The number of carboxylic acids is 1. The number of anilines is 1. The van der Waals surface area contributed by atoms with Crippen molar-refractivity contribution in [3.8, 4) is 11.1 Å². The highest BCUT2D eigenvalue weighted by molar-refractivity contribution is 6.05. The second kappa shape index (κ2) is 10.1. The molecule has 0 aliphatic heterocycles. The van der Waals surface area contributed by atoms with Gasteiger partial charge in [-0.25, -0.2) is 4.79 Å². The first-order valence-electron chi connectivity index (χ1n) is 11.3. The Morgan fingerprint density at radius 2 is 1.52 bits per heavy atom. The Morgan fingerprint density at radius 3 is 2.21 bits per heavy atom. The van der Waals surface area contributed by atoms with Gasteiger partial charge in [0.05, 0.1) is 17.7 Å². The molecule has 0 spiro atoms. The minimum absolute atomic E-state index is 0.0824. The van der Waals surface area contributed by atoms with E-state index in [9.17, 15) is 14.7 Å². The van der Waals surface area contributed by atoms with Crippen LogP contribution in [0, 0.1) is 0 Å². The van der Waals surface area contributed by atoms with Crippen LogP contribution in [0.15, 0.2) is 84.9 Å². The fourth-order valence-corrected chi connectivity index (χ4v) is 4.01. The molecule has 0 saturated heterocycles. The smallest absolute Gasteiger partial charge is 0.337 e. The van der Waals surface area contributed by atoms with E-state index in [4.69, 9.17) is 0 Å². The number of rotatable bonds is 8. The van der Waals surface area contributed by atoms with Gasteiger partial charge in [-0.3, -0.25) is 4.79 Å². The molecule has 0 atom stereocenters. The SMILES string of the molecule is CCCCc1ccc(-c2cccc(CC(=O)Nc3cc4ccccc4cc3C(=O)O)c2)cc1. The van der Waals surface area contributed by atoms with E-state index in [1.54, 1.807) is 12.1 Å². The number of carboxylic acid groups (broad SMARTS) is 1. The molecule has 0 aliphatic rings. The van der Waals surface area contributed by atoms with Gasteiger partial charge in [-0.2, -0.15) is 0 Å². The maximum Gasteiger partial charge on any atom is 0.337 e. The average molecular weight is 438 g/mol. The number of fused-ring (bicyclic) bond motifs is 1. The van der Waals surface area contributed by atoms with Crippen LogP contribution in [-0.2, 0) is 17.6 Å². The largest absolute Gasteiger partial charge is 0.478 e. The molecule has 4 aromatic rings. The fourth-order valence-electron chi connectivity index (χ4n) is 4.01. The van der Waals surface area contributed by atoms with Gasteiger partial charge >= 0.3 is 5.97 Å². The zero-order valence-corrected chi connectivity index (χ0v) is 18.7. The van der Waals surface area contributed by atoms with Gasteiger partial charge in [-0.05, 0) is 58.0 Å². The van der Waals surface area contributed by atoms with Gasteiger partial charge in [-0.1, -0.05) is 86.1 Å². The van der Waals surface area contributed by atoms with Crippen molar-refractivity contribution in [1.29, 1.82) is 0 Å². The summed E-state index contributed by atoms with van der Waals surface area (Å²) in [4.78, 5) is 24.5. The lowest BCUT2D eigenvalue weighted by molar-refractivity contribution is -0.115. The summed E-state index contributed by atoms with van der Waals surface area (Å²) in [5.74, 6) is -1.32. The summed E-state index contributed by atoms with van der Waals surface area (Å²) in [5.41, 5.74) is 4.77. The normalized spacial score (nSPS) is 10.8. The first-order valence-corrected chi connectivity index (χ1v) is 11.3. The van der Waals surface area contributed by atoms with Crippen molar-refractivity contribution < 1.29 is 14.7 Å². The van der Waals surface area contributed by atoms with E-state index in [-0.39, 0.29) is 17.9 Å². The third kappa shape index (κ3) is 5.47. The van der Waals surface area contributed by atoms with Crippen molar-refractivity contribution in [3.05, 3.63) is 102 Å².